The predicted molar refractivity (Wildman–Crippen MR) is 94.7 cm³/mol. The summed E-state index contributed by atoms with van der Waals surface area (Å²) >= 11 is 0. The van der Waals surface area contributed by atoms with Crippen LogP contribution in [-0.2, 0) is 11.8 Å². The van der Waals surface area contributed by atoms with E-state index in [4.69, 9.17) is 5.11 Å². The average molecular weight is 353 g/mol. The van der Waals surface area contributed by atoms with E-state index in [9.17, 15) is 4.79 Å². The number of aliphatic hydroxyl groups is 1. The Balaban J connectivity index is 1.46. The molecule has 9 nitrogen and oxygen atoms in total. The number of aliphatic hydroxyl groups excluding tert-OH is 1. The average Bonchev–Trinajstić information content (AvgIpc) is 3.23. The van der Waals surface area contributed by atoms with Crippen molar-refractivity contribution in [3.8, 4) is 11.1 Å². The second kappa shape index (κ2) is 6.60. The number of nitrogens with zero attached hydrogens (tertiary/aromatic N) is 6. The number of carbonyl (C=O) groups excluding carboxylic acids is 1. The zero-order chi connectivity index (χ0) is 18.1. The van der Waals surface area contributed by atoms with Crippen LogP contribution >= 0.6 is 0 Å². The van der Waals surface area contributed by atoms with E-state index in [1.807, 2.05) is 36.3 Å². The van der Waals surface area contributed by atoms with Crippen molar-refractivity contribution < 1.29 is 9.90 Å². The van der Waals surface area contributed by atoms with Crippen LogP contribution in [0.3, 0.4) is 0 Å². The summed E-state index contributed by atoms with van der Waals surface area (Å²) in [6, 6.07) is 4.03. The molecule has 1 saturated heterocycles. The maximum absolute atomic E-state index is 11.4. The Hall–Kier alpha value is -3.20. The monoisotopic (exact) mass is 353 g/mol. The van der Waals surface area contributed by atoms with E-state index >= 15 is 0 Å². The molecule has 0 bridgehead atoms. The SMILES string of the molecule is Cn1cc(Nc2cc(-c3cnn(C4CN(C(=O)CO)C4)c3)ccn2)cn1. The van der Waals surface area contributed by atoms with Gasteiger partial charge in [-0.15, -0.1) is 0 Å². The summed E-state index contributed by atoms with van der Waals surface area (Å²) in [6.45, 7) is 0.705. The standard InChI is InChI=1S/C17H19N7O2/c1-22-8-14(6-19-22)21-16-4-12(2-3-18-16)13-5-20-24(7-13)15-9-23(10-15)17(26)11-25/h2-8,15,25H,9-11H2,1H3,(H,18,21). The van der Waals surface area contributed by atoms with E-state index in [-0.39, 0.29) is 11.9 Å². The maximum atomic E-state index is 11.4. The van der Waals surface area contributed by atoms with E-state index in [1.165, 1.54) is 0 Å². The molecule has 1 fully saturated rings. The van der Waals surface area contributed by atoms with Gasteiger partial charge < -0.3 is 15.3 Å². The fourth-order valence-electron chi connectivity index (χ4n) is 2.93. The minimum absolute atomic E-state index is 0.147. The number of aryl methyl sites for hydroxylation is 1. The first kappa shape index (κ1) is 16.3. The van der Waals surface area contributed by atoms with Crippen LogP contribution < -0.4 is 5.32 Å². The number of likely N-dealkylation sites (tertiary alicyclic amines) is 1. The summed E-state index contributed by atoms with van der Waals surface area (Å²) in [5.74, 6) is 0.487. The van der Waals surface area contributed by atoms with Crippen molar-refractivity contribution in [1.82, 2.24) is 29.4 Å². The lowest BCUT2D eigenvalue weighted by Crippen LogP contribution is -2.51. The highest BCUT2D eigenvalue weighted by Crippen LogP contribution is 2.26. The number of anilines is 2. The third-order valence-electron chi connectivity index (χ3n) is 4.40. The van der Waals surface area contributed by atoms with Gasteiger partial charge in [-0.1, -0.05) is 0 Å². The van der Waals surface area contributed by atoms with Crippen molar-refractivity contribution in [2.24, 2.45) is 7.05 Å². The second-order valence-electron chi connectivity index (χ2n) is 6.28. The molecule has 4 rings (SSSR count). The molecule has 1 aliphatic heterocycles. The summed E-state index contributed by atoms with van der Waals surface area (Å²) in [5, 5.41) is 20.6. The third-order valence-corrected chi connectivity index (χ3v) is 4.40. The maximum Gasteiger partial charge on any atom is 0.248 e. The van der Waals surface area contributed by atoms with Gasteiger partial charge in [0.2, 0.25) is 5.91 Å². The molecule has 0 aliphatic carbocycles. The molecular formula is C17H19N7O2. The van der Waals surface area contributed by atoms with Gasteiger partial charge in [-0.05, 0) is 17.7 Å². The number of hydrogen-bond donors (Lipinski definition) is 2. The van der Waals surface area contributed by atoms with E-state index < -0.39 is 6.61 Å². The molecule has 3 aromatic rings. The number of nitrogens with one attached hydrogen (secondary N) is 1. The zero-order valence-electron chi connectivity index (χ0n) is 14.3. The lowest BCUT2D eigenvalue weighted by atomic mass is 10.1. The van der Waals surface area contributed by atoms with Crippen molar-refractivity contribution in [2.75, 3.05) is 25.0 Å². The zero-order valence-corrected chi connectivity index (χ0v) is 14.3. The summed E-state index contributed by atoms with van der Waals surface area (Å²) in [7, 11) is 1.86. The molecule has 0 radical (unpaired) electrons. The topological polar surface area (TPSA) is 101 Å². The van der Waals surface area contributed by atoms with Crippen LogP contribution in [-0.4, -0.2) is 60.2 Å². The van der Waals surface area contributed by atoms with Gasteiger partial charge >= 0.3 is 0 Å². The molecule has 0 aromatic carbocycles. The first-order valence-corrected chi connectivity index (χ1v) is 8.27. The number of pyridine rings is 1. The Kier molecular flexibility index (Phi) is 4.13. The van der Waals surface area contributed by atoms with Gasteiger partial charge in [-0.3, -0.25) is 14.2 Å². The first-order valence-electron chi connectivity index (χ1n) is 8.27. The van der Waals surface area contributed by atoms with Gasteiger partial charge in [0.05, 0.1) is 24.1 Å². The molecule has 1 amide bonds. The Bertz CT molecular complexity index is 927. The van der Waals surface area contributed by atoms with E-state index in [0.717, 1.165) is 22.6 Å². The number of aromatic nitrogens is 5. The van der Waals surface area contributed by atoms with Gasteiger partial charge in [-0.2, -0.15) is 10.2 Å². The van der Waals surface area contributed by atoms with Gasteiger partial charge in [0.1, 0.15) is 12.4 Å². The minimum Gasteiger partial charge on any atom is -0.387 e. The quantitative estimate of drug-likeness (QED) is 0.704. The molecule has 0 saturated carbocycles. The van der Waals surface area contributed by atoms with Crippen LogP contribution in [0.1, 0.15) is 6.04 Å². The van der Waals surface area contributed by atoms with E-state index in [1.54, 1.807) is 28.2 Å². The molecule has 4 heterocycles. The molecule has 0 spiro atoms. The number of carbonyl (C=O) groups is 1. The fraction of sp³-hybridized carbons (Fsp3) is 0.294. The van der Waals surface area contributed by atoms with Crippen molar-refractivity contribution in [3.63, 3.8) is 0 Å². The van der Waals surface area contributed by atoms with Crippen molar-refractivity contribution in [2.45, 2.75) is 6.04 Å². The highest BCUT2D eigenvalue weighted by atomic mass is 16.3. The molecule has 134 valence electrons. The van der Waals surface area contributed by atoms with Crippen LogP contribution in [0.5, 0.6) is 0 Å². The minimum atomic E-state index is -0.444. The second-order valence-corrected chi connectivity index (χ2v) is 6.28. The molecular weight excluding hydrogens is 334 g/mol. The molecule has 9 heteroatoms. The molecule has 1 aliphatic rings. The largest absolute Gasteiger partial charge is 0.387 e. The van der Waals surface area contributed by atoms with E-state index in [2.05, 4.69) is 20.5 Å². The lowest BCUT2D eigenvalue weighted by molar-refractivity contribution is -0.140. The Labute approximate surface area is 149 Å². The van der Waals surface area contributed by atoms with Crippen molar-refractivity contribution >= 4 is 17.4 Å². The van der Waals surface area contributed by atoms with Crippen LogP contribution in [0.4, 0.5) is 11.5 Å². The van der Waals surface area contributed by atoms with Crippen LogP contribution in [0.25, 0.3) is 11.1 Å². The van der Waals surface area contributed by atoms with Crippen molar-refractivity contribution in [3.05, 3.63) is 43.1 Å². The van der Waals surface area contributed by atoms with Crippen LogP contribution in [0, 0.1) is 0 Å². The van der Waals surface area contributed by atoms with Gasteiger partial charge in [0, 0.05) is 44.3 Å². The highest BCUT2D eigenvalue weighted by Gasteiger charge is 2.31. The summed E-state index contributed by atoms with van der Waals surface area (Å²) in [5.41, 5.74) is 2.85. The van der Waals surface area contributed by atoms with Gasteiger partial charge in [0.15, 0.2) is 0 Å². The first-order chi connectivity index (χ1) is 12.6. The Morgan fingerprint density at radius 1 is 1.27 bits per heavy atom. The Morgan fingerprint density at radius 2 is 2.12 bits per heavy atom. The normalized spacial score (nSPS) is 14.3. The van der Waals surface area contributed by atoms with Gasteiger partial charge in [0.25, 0.3) is 0 Å². The van der Waals surface area contributed by atoms with E-state index in [0.29, 0.717) is 13.1 Å². The third kappa shape index (κ3) is 3.16. The molecule has 0 atom stereocenters. The Morgan fingerprint density at radius 3 is 2.85 bits per heavy atom. The summed E-state index contributed by atoms with van der Waals surface area (Å²) in [4.78, 5) is 17.4. The number of amides is 1. The number of rotatable bonds is 5. The number of hydrogen-bond acceptors (Lipinski definition) is 6. The molecule has 2 N–H and O–H groups in total. The lowest BCUT2D eigenvalue weighted by Gasteiger charge is -2.38. The summed E-state index contributed by atoms with van der Waals surface area (Å²) in [6.07, 6.45) is 9.13. The van der Waals surface area contributed by atoms with Crippen LogP contribution in [0.15, 0.2) is 43.1 Å². The van der Waals surface area contributed by atoms with Crippen LogP contribution in [0.2, 0.25) is 0 Å². The highest BCUT2D eigenvalue weighted by molar-refractivity contribution is 5.78. The van der Waals surface area contributed by atoms with Gasteiger partial charge in [-0.25, -0.2) is 4.98 Å². The summed E-state index contributed by atoms with van der Waals surface area (Å²) < 4.78 is 3.59. The van der Waals surface area contributed by atoms with Crippen molar-refractivity contribution in [1.29, 1.82) is 0 Å². The molecule has 0 unspecified atom stereocenters. The predicted octanol–water partition coefficient (Wildman–Crippen LogP) is 0.798. The molecule has 3 aromatic heterocycles. The smallest absolute Gasteiger partial charge is 0.248 e. The molecule has 26 heavy (non-hydrogen) atoms. The fourth-order valence-corrected chi connectivity index (χ4v) is 2.93.